The number of ketones is 1. The van der Waals surface area contributed by atoms with E-state index in [1.54, 1.807) is 38.5 Å². The maximum absolute atomic E-state index is 13.4. The largest absolute Gasteiger partial charge is 0.493 e. The summed E-state index contributed by atoms with van der Waals surface area (Å²) in [6.45, 7) is 6.45. The van der Waals surface area contributed by atoms with Crippen LogP contribution in [0.5, 0.6) is 11.5 Å². The summed E-state index contributed by atoms with van der Waals surface area (Å²) < 4.78 is 10.8. The smallest absolute Gasteiger partial charge is 0.196 e. The lowest BCUT2D eigenvalue weighted by atomic mass is 9.84. The van der Waals surface area contributed by atoms with Crippen molar-refractivity contribution in [2.24, 2.45) is 5.41 Å². The molecule has 0 saturated carbocycles. The molecule has 2 aromatic carbocycles. The number of rotatable bonds is 6. The molecule has 0 aliphatic carbocycles. The number of ether oxygens (including phenoxy) is 2. The van der Waals surface area contributed by atoms with Gasteiger partial charge in [-0.2, -0.15) is 0 Å². The zero-order valence-corrected chi connectivity index (χ0v) is 19.4. The Morgan fingerprint density at radius 3 is 2.23 bits per heavy atom. The number of benzene rings is 2. The first-order valence-electron chi connectivity index (χ1n) is 9.58. The number of carbonyl (C=O) groups is 1. The summed E-state index contributed by atoms with van der Waals surface area (Å²) in [4.78, 5) is 14.4. The number of nitrogen functional groups attached to an aromatic ring is 1. The molecule has 4 nitrogen and oxygen atoms in total. The Bertz CT molecular complexity index is 1070. The highest BCUT2D eigenvalue weighted by Crippen LogP contribution is 2.44. The first kappa shape index (κ1) is 22.2. The predicted octanol–water partition coefficient (Wildman–Crippen LogP) is 6.49. The van der Waals surface area contributed by atoms with Gasteiger partial charge in [-0.3, -0.25) is 4.79 Å². The van der Waals surface area contributed by atoms with Gasteiger partial charge in [-0.15, -0.1) is 11.3 Å². The molecule has 0 amide bonds. The highest BCUT2D eigenvalue weighted by atomic mass is 35.5. The lowest BCUT2D eigenvalue weighted by Crippen LogP contribution is -2.14. The van der Waals surface area contributed by atoms with Crippen molar-refractivity contribution in [2.45, 2.75) is 27.2 Å². The van der Waals surface area contributed by atoms with Gasteiger partial charge in [0.05, 0.1) is 24.8 Å². The summed E-state index contributed by atoms with van der Waals surface area (Å²) in [5, 5.41) is 1.10. The van der Waals surface area contributed by atoms with Crippen molar-refractivity contribution in [2.75, 3.05) is 20.0 Å². The SMILES string of the molecule is COc1ccc(-c2sc(N)c(C(=O)c3ccc(Cl)cc3)c2CC(C)(C)C)cc1OC. The zero-order valence-electron chi connectivity index (χ0n) is 17.8. The third-order valence-corrected chi connectivity index (χ3v) is 6.08. The van der Waals surface area contributed by atoms with Crippen molar-refractivity contribution in [3.8, 4) is 21.9 Å². The minimum atomic E-state index is -0.0913. The molecule has 3 rings (SSSR count). The van der Waals surface area contributed by atoms with E-state index in [4.69, 9.17) is 26.8 Å². The average Bonchev–Trinajstić information content (AvgIpc) is 3.01. The monoisotopic (exact) mass is 443 g/mol. The van der Waals surface area contributed by atoms with E-state index in [0.29, 0.717) is 39.1 Å². The van der Waals surface area contributed by atoms with E-state index in [9.17, 15) is 4.79 Å². The molecule has 1 aromatic heterocycles. The quantitative estimate of drug-likeness (QED) is 0.442. The minimum absolute atomic E-state index is 0.0339. The van der Waals surface area contributed by atoms with Crippen molar-refractivity contribution in [1.29, 1.82) is 0 Å². The van der Waals surface area contributed by atoms with Crippen molar-refractivity contribution in [3.63, 3.8) is 0 Å². The Kier molecular flexibility index (Phi) is 6.44. The van der Waals surface area contributed by atoms with E-state index in [2.05, 4.69) is 20.8 Å². The molecule has 0 atom stereocenters. The molecule has 0 aliphatic rings. The molecule has 2 N–H and O–H groups in total. The molecule has 0 saturated heterocycles. The number of carbonyl (C=O) groups excluding carboxylic acids is 1. The molecule has 30 heavy (non-hydrogen) atoms. The molecule has 0 fully saturated rings. The number of halogens is 1. The molecule has 0 radical (unpaired) electrons. The Labute approximate surface area is 186 Å². The molecule has 0 bridgehead atoms. The fourth-order valence-corrected chi connectivity index (χ4v) is 4.60. The number of thiophene rings is 1. The first-order chi connectivity index (χ1) is 14.1. The number of nitrogens with two attached hydrogens (primary N) is 1. The van der Waals surface area contributed by atoms with Crippen LogP contribution < -0.4 is 15.2 Å². The number of methoxy groups -OCH3 is 2. The molecule has 0 aliphatic heterocycles. The van der Waals surface area contributed by atoms with Crippen LogP contribution in [0.15, 0.2) is 42.5 Å². The van der Waals surface area contributed by atoms with Crippen LogP contribution in [0, 0.1) is 5.41 Å². The summed E-state index contributed by atoms with van der Waals surface area (Å²) in [5.41, 5.74) is 9.41. The van der Waals surface area contributed by atoms with E-state index in [-0.39, 0.29) is 11.2 Å². The average molecular weight is 444 g/mol. The van der Waals surface area contributed by atoms with E-state index < -0.39 is 0 Å². The van der Waals surface area contributed by atoms with Crippen molar-refractivity contribution in [3.05, 3.63) is 64.2 Å². The van der Waals surface area contributed by atoms with Gasteiger partial charge in [0, 0.05) is 15.5 Å². The molecule has 1 heterocycles. The van der Waals surface area contributed by atoms with Gasteiger partial charge in [0.1, 0.15) is 0 Å². The van der Waals surface area contributed by atoms with Gasteiger partial charge >= 0.3 is 0 Å². The molecular weight excluding hydrogens is 418 g/mol. The molecule has 3 aromatic rings. The van der Waals surface area contributed by atoms with Gasteiger partial charge in [0.25, 0.3) is 0 Å². The highest BCUT2D eigenvalue weighted by Gasteiger charge is 2.27. The van der Waals surface area contributed by atoms with Gasteiger partial charge in [0.15, 0.2) is 17.3 Å². The summed E-state index contributed by atoms with van der Waals surface area (Å²) in [6.07, 6.45) is 0.707. The van der Waals surface area contributed by atoms with Gasteiger partial charge in [0.2, 0.25) is 0 Å². The first-order valence-corrected chi connectivity index (χ1v) is 10.8. The van der Waals surface area contributed by atoms with Crippen molar-refractivity contribution >= 4 is 33.7 Å². The topological polar surface area (TPSA) is 61.5 Å². The lowest BCUT2D eigenvalue weighted by molar-refractivity contribution is 0.103. The van der Waals surface area contributed by atoms with Crippen LogP contribution in [0.25, 0.3) is 10.4 Å². The zero-order chi connectivity index (χ0) is 22.1. The summed E-state index contributed by atoms with van der Waals surface area (Å²) in [7, 11) is 3.21. The summed E-state index contributed by atoms with van der Waals surface area (Å²) >= 11 is 7.42. The molecular formula is C24H26ClNO3S. The van der Waals surface area contributed by atoms with E-state index in [1.807, 2.05) is 18.2 Å². The number of anilines is 1. The summed E-state index contributed by atoms with van der Waals surface area (Å²) in [5.74, 6) is 1.20. The number of hydrogen-bond donors (Lipinski definition) is 1. The Balaban J connectivity index is 2.19. The predicted molar refractivity (Wildman–Crippen MR) is 125 cm³/mol. The van der Waals surface area contributed by atoms with E-state index in [0.717, 1.165) is 16.0 Å². The maximum Gasteiger partial charge on any atom is 0.196 e. The molecule has 6 heteroatoms. The number of hydrogen-bond acceptors (Lipinski definition) is 5. The second-order valence-electron chi connectivity index (χ2n) is 8.29. The third kappa shape index (κ3) is 4.63. The standard InChI is InChI=1S/C24H26ClNO3S/c1-24(2,3)13-17-20(21(27)14-6-9-16(25)10-7-14)23(26)30-22(17)15-8-11-18(28-4)19(12-15)29-5/h6-12H,13,26H2,1-5H3. The molecule has 158 valence electrons. The van der Waals surface area contributed by atoms with Crippen LogP contribution in [-0.4, -0.2) is 20.0 Å². The van der Waals surface area contributed by atoms with Crippen LogP contribution in [0.1, 0.15) is 42.3 Å². The molecule has 0 spiro atoms. The Hall–Kier alpha value is -2.50. The van der Waals surface area contributed by atoms with E-state index >= 15 is 0 Å². The highest BCUT2D eigenvalue weighted by molar-refractivity contribution is 7.20. The van der Waals surface area contributed by atoms with Crippen LogP contribution in [-0.2, 0) is 6.42 Å². The van der Waals surface area contributed by atoms with Crippen LogP contribution in [0.2, 0.25) is 5.02 Å². The van der Waals surface area contributed by atoms with E-state index in [1.165, 1.54) is 11.3 Å². The fourth-order valence-electron chi connectivity index (χ4n) is 3.39. The van der Waals surface area contributed by atoms with Crippen molar-refractivity contribution in [1.82, 2.24) is 0 Å². The van der Waals surface area contributed by atoms with Gasteiger partial charge in [-0.1, -0.05) is 32.4 Å². The maximum atomic E-state index is 13.4. The Morgan fingerprint density at radius 1 is 1.03 bits per heavy atom. The van der Waals surface area contributed by atoms with Crippen LogP contribution >= 0.6 is 22.9 Å². The fraction of sp³-hybridized carbons (Fsp3) is 0.292. The summed E-state index contributed by atoms with van der Waals surface area (Å²) in [6, 6.07) is 12.7. The van der Waals surface area contributed by atoms with Crippen molar-refractivity contribution < 1.29 is 14.3 Å². The minimum Gasteiger partial charge on any atom is -0.493 e. The third-order valence-electron chi connectivity index (χ3n) is 4.72. The van der Waals surface area contributed by atoms with Crippen LogP contribution in [0.3, 0.4) is 0 Å². The van der Waals surface area contributed by atoms with Gasteiger partial charge in [-0.25, -0.2) is 0 Å². The lowest BCUT2D eigenvalue weighted by Gasteiger charge is -2.20. The van der Waals surface area contributed by atoms with Gasteiger partial charge in [-0.05, 0) is 65.4 Å². The second-order valence-corrected chi connectivity index (χ2v) is 9.78. The normalized spacial score (nSPS) is 11.4. The van der Waals surface area contributed by atoms with Gasteiger partial charge < -0.3 is 15.2 Å². The Morgan fingerprint density at radius 2 is 1.67 bits per heavy atom. The molecule has 0 unspecified atom stereocenters. The van der Waals surface area contributed by atoms with Crippen LogP contribution in [0.4, 0.5) is 5.00 Å². The second kappa shape index (κ2) is 8.70.